The molecule has 0 radical (unpaired) electrons. The van der Waals surface area contributed by atoms with Crippen LogP contribution in [0.15, 0.2) is 29.0 Å². The maximum absolute atomic E-state index is 15.4. The molecule has 1 unspecified atom stereocenters. The molecule has 2 amide bonds. The zero-order chi connectivity index (χ0) is 17.7. The van der Waals surface area contributed by atoms with Gasteiger partial charge in [0.15, 0.2) is 0 Å². The quantitative estimate of drug-likeness (QED) is 0.827. The Morgan fingerprint density at radius 2 is 2.28 bits per heavy atom. The van der Waals surface area contributed by atoms with Crippen LogP contribution in [0, 0.1) is 0 Å². The molecule has 2 aromatic heterocycles. The molecule has 134 valence electrons. The third-order valence-electron chi connectivity index (χ3n) is 4.06. The second-order valence-electron chi connectivity index (χ2n) is 5.87. The lowest BCUT2D eigenvalue weighted by atomic mass is 9.94. The number of pyridine rings is 1. The van der Waals surface area contributed by atoms with Crippen molar-refractivity contribution < 1.29 is 18.4 Å². The predicted octanol–water partition coefficient (Wildman–Crippen LogP) is 1.75. The van der Waals surface area contributed by atoms with Crippen LogP contribution in [-0.4, -0.2) is 59.4 Å². The van der Waals surface area contributed by atoms with Crippen molar-refractivity contribution in [1.82, 2.24) is 25.3 Å². The van der Waals surface area contributed by atoms with Gasteiger partial charge in [0.2, 0.25) is 11.5 Å². The Morgan fingerprint density at radius 1 is 1.48 bits per heavy atom. The van der Waals surface area contributed by atoms with Gasteiger partial charge in [-0.2, -0.15) is 4.98 Å². The highest BCUT2D eigenvalue weighted by Gasteiger charge is 2.43. The summed E-state index contributed by atoms with van der Waals surface area (Å²) in [5.41, 5.74) is -1.16. The number of methoxy groups -OCH3 is 1. The first-order valence-electron chi connectivity index (χ1n) is 8.07. The number of aromatic nitrogens is 3. The average molecular weight is 349 g/mol. The highest BCUT2D eigenvalue weighted by atomic mass is 19.1. The van der Waals surface area contributed by atoms with Crippen molar-refractivity contribution in [2.75, 3.05) is 33.4 Å². The van der Waals surface area contributed by atoms with Gasteiger partial charge < -0.3 is 19.5 Å². The average Bonchev–Trinajstić information content (AvgIpc) is 3.14. The molecule has 1 N–H and O–H groups in total. The number of urea groups is 1. The molecule has 0 aromatic carbocycles. The fourth-order valence-corrected chi connectivity index (χ4v) is 2.75. The van der Waals surface area contributed by atoms with Gasteiger partial charge in [-0.3, -0.25) is 4.98 Å². The first-order valence-corrected chi connectivity index (χ1v) is 8.07. The van der Waals surface area contributed by atoms with E-state index in [0.29, 0.717) is 37.5 Å². The summed E-state index contributed by atoms with van der Waals surface area (Å²) in [5, 5.41) is 6.54. The van der Waals surface area contributed by atoms with Gasteiger partial charge in [-0.1, -0.05) is 5.16 Å². The molecular formula is C16H20FN5O3. The SMILES string of the molecule is COCCNC(=O)N1CCCC(F)(c2nc(-c3ccncc3)no2)C1. The van der Waals surface area contributed by atoms with E-state index in [1.807, 2.05) is 0 Å². The van der Waals surface area contributed by atoms with Crippen LogP contribution in [-0.2, 0) is 10.4 Å². The van der Waals surface area contributed by atoms with Gasteiger partial charge >= 0.3 is 6.03 Å². The van der Waals surface area contributed by atoms with Crippen LogP contribution < -0.4 is 5.32 Å². The first kappa shape index (κ1) is 17.3. The number of nitrogens with zero attached hydrogens (tertiary/aromatic N) is 4. The zero-order valence-electron chi connectivity index (χ0n) is 13.9. The number of hydrogen-bond acceptors (Lipinski definition) is 6. The highest BCUT2D eigenvalue weighted by molar-refractivity contribution is 5.74. The van der Waals surface area contributed by atoms with Crippen LogP contribution in [0.4, 0.5) is 9.18 Å². The molecule has 1 aliphatic rings. The van der Waals surface area contributed by atoms with Crippen molar-refractivity contribution in [3.63, 3.8) is 0 Å². The molecule has 2 aromatic rings. The van der Waals surface area contributed by atoms with E-state index >= 15 is 4.39 Å². The van der Waals surface area contributed by atoms with Gasteiger partial charge in [0, 0.05) is 38.2 Å². The molecule has 0 aliphatic carbocycles. The second kappa shape index (κ2) is 7.56. The maximum Gasteiger partial charge on any atom is 0.317 e. The van der Waals surface area contributed by atoms with Crippen LogP contribution in [0.3, 0.4) is 0 Å². The molecule has 0 saturated carbocycles. The number of piperidine rings is 1. The Kier molecular flexibility index (Phi) is 5.22. The number of nitrogens with one attached hydrogen (secondary N) is 1. The van der Waals surface area contributed by atoms with E-state index in [-0.39, 0.29) is 24.9 Å². The Hall–Kier alpha value is -2.55. The van der Waals surface area contributed by atoms with Crippen LogP contribution in [0.5, 0.6) is 0 Å². The first-order chi connectivity index (χ1) is 12.1. The minimum atomic E-state index is -1.85. The number of likely N-dealkylation sites (tertiary alicyclic amines) is 1. The monoisotopic (exact) mass is 349 g/mol. The summed E-state index contributed by atoms with van der Waals surface area (Å²) < 4.78 is 25.4. The Labute approximate surface area is 144 Å². The number of carbonyl (C=O) groups is 1. The second-order valence-corrected chi connectivity index (χ2v) is 5.87. The standard InChI is InChI=1S/C16H20FN5O3/c1-24-10-8-19-15(23)22-9-2-5-16(17,11-22)14-20-13(21-25-14)12-3-6-18-7-4-12/h3-4,6-7H,2,5,8-11H2,1H3,(H,19,23). The van der Waals surface area contributed by atoms with E-state index in [4.69, 9.17) is 9.26 Å². The molecule has 1 aliphatic heterocycles. The Balaban J connectivity index is 1.71. The Morgan fingerprint density at radius 3 is 3.04 bits per heavy atom. The summed E-state index contributed by atoms with van der Waals surface area (Å²) in [6, 6.07) is 3.11. The van der Waals surface area contributed by atoms with Gasteiger partial charge in [0.1, 0.15) is 0 Å². The van der Waals surface area contributed by atoms with Crippen LogP contribution in [0.1, 0.15) is 18.7 Å². The summed E-state index contributed by atoms with van der Waals surface area (Å²) in [6.45, 7) is 1.14. The molecule has 1 fully saturated rings. The molecule has 3 heterocycles. The van der Waals surface area contributed by atoms with Crippen molar-refractivity contribution in [3.8, 4) is 11.4 Å². The van der Waals surface area contributed by atoms with E-state index in [2.05, 4.69) is 20.4 Å². The lowest BCUT2D eigenvalue weighted by Gasteiger charge is -2.35. The Bertz CT molecular complexity index is 711. The lowest BCUT2D eigenvalue weighted by molar-refractivity contribution is 0.0304. The number of halogens is 1. The number of ether oxygens (including phenoxy) is 1. The van der Waals surface area contributed by atoms with Crippen molar-refractivity contribution in [2.45, 2.75) is 18.5 Å². The smallest absolute Gasteiger partial charge is 0.317 e. The third-order valence-corrected chi connectivity index (χ3v) is 4.06. The van der Waals surface area contributed by atoms with Gasteiger partial charge in [-0.15, -0.1) is 0 Å². The number of alkyl halides is 1. The summed E-state index contributed by atoms with van der Waals surface area (Å²) in [4.78, 5) is 21.7. The van der Waals surface area contributed by atoms with Crippen LogP contribution in [0.25, 0.3) is 11.4 Å². The van der Waals surface area contributed by atoms with Gasteiger partial charge in [-0.25, -0.2) is 9.18 Å². The number of carbonyl (C=O) groups excluding carboxylic acids is 1. The minimum absolute atomic E-state index is 0.103. The van der Waals surface area contributed by atoms with E-state index in [9.17, 15) is 4.79 Å². The fraction of sp³-hybridized carbons (Fsp3) is 0.500. The molecule has 1 atom stereocenters. The highest BCUT2D eigenvalue weighted by Crippen LogP contribution is 2.35. The van der Waals surface area contributed by atoms with E-state index < -0.39 is 5.67 Å². The van der Waals surface area contributed by atoms with Crippen LogP contribution in [0.2, 0.25) is 0 Å². The summed E-state index contributed by atoms with van der Waals surface area (Å²) in [5.74, 6) is 0.199. The molecule has 0 bridgehead atoms. The predicted molar refractivity (Wildman–Crippen MR) is 86.4 cm³/mol. The number of amides is 2. The van der Waals surface area contributed by atoms with E-state index in [0.717, 1.165) is 0 Å². The molecule has 3 rings (SSSR count). The van der Waals surface area contributed by atoms with Crippen LogP contribution >= 0.6 is 0 Å². The van der Waals surface area contributed by atoms with Gasteiger partial charge in [0.05, 0.1) is 13.2 Å². The van der Waals surface area contributed by atoms with Crippen molar-refractivity contribution in [3.05, 3.63) is 30.4 Å². The molecule has 25 heavy (non-hydrogen) atoms. The molecular weight excluding hydrogens is 329 g/mol. The molecule has 9 heteroatoms. The molecule has 8 nitrogen and oxygen atoms in total. The van der Waals surface area contributed by atoms with Crippen molar-refractivity contribution in [2.24, 2.45) is 0 Å². The van der Waals surface area contributed by atoms with Crippen molar-refractivity contribution in [1.29, 1.82) is 0 Å². The summed E-state index contributed by atoms with van der Waals surface area (Å²) in [6.07, 6.45) is 3.94. The van der Waals surface area contributed by atoms with Crippen molar-refractivity contribution >= 4 is 6.03 Å². The lowest BCUT2D eigenvalue weighted by Crippen LogP contribution is -2.50. The minimum Gasteiger partial charge on any atom is -0.383 e. The van der Waals surface area contributed by atoms with E-state index in [1.54, 1.807) is 31.6 Å². The number of hydrogen-bond donors (Lipinski definition) is 1. The third kappa shape index (κ3) is 3.93. The fourth-order valence-electron chi connectivity index (χ4n) is 2.75. The largest absolute Gasteiger partial charge is 0.383 e. The summed E-state index contributed by atoms with van der Waals surface area (Å²) in [7, 11) is 1.55. The van der Waals surface area contributed by atoms with E-state index in [1.165, 1.54) is 4.90 Å². The van der Waals surface area contributed by atoms with Gasteiger partial charge in [0.25, 0.3) is 5.89 Å². The summed E-state index contributed by atoms with van der Waals surface area (Å²) >= 11 is 0. The topological polar surface area (TPSA) is 93.4 Å². The van der Waals surface area contributed by atoms with Gasteiger partial charge in [-0.05, 0) is 25.0 Å². The normalized spacial score (nSPS) is 20.5. The maximum atomic E-state index is 15.4. The molecule has 1 saturated heterocycles. The number of rotatable bonds is 5. The zero-order valence-corrected chi connectivity index (χ0v) is 13.9. The molecule has 0 spiro atoms.